The summed E-state index contributed by atoms with van der Waals surface area (Å²) in [4.78, 5) is 13.0. The molecule has 4 nitrogen and oxygen atoms in total. The van der Waals surface area contributed by atoms with Crippen LogP contribution in [-0.2, 0) is 9.53 Å². The van der Waals surface area contributed by atoms with Crippen LogP contribution in [0.3, 0.4) is 0 Å². The van der Waals surface area contributed by atoms with Crippen LogP contribution >= 0.6 is 0 Å². The summed E-state index contributed by atoms with van der Waals surface area (Å²) in [5.41, 5.74) is -0.324. The summed E-state index contributed by atoms with van der Waals surface area (Å²) < 4.78 is 5.33. The summed E-state index contributed by atoms with van der Waals surface area (Å²) in [6.45, 7) is 2.24. The van der Waals surface area contributed by atoms with Crippen LogP contribution < -0.4 is 5.32 Å². The third kappa shape index (κ3) is 1.11. The zero-order valence-electron chi connectivity index (χ0n) is 7.30. The lowest BCUT2D eigenvalue weighted by atomic mass is 10.0. The molecule has 1 N–H and O–H groups in total. The van der Waals surface area contributed by atoms with E-state index in [1.807, 2.05) is 11.9 Å². The lowest BCUT2D eigenvalue weighted by Gasteiger charge is -2.37. The molecule has 2 heterocycles. The van der Waals surface area contributed by atoms with Crippen molar-refractivity contribution in [3.05, 3.63) is 0 Å². The molecule has 1 atom stereocenters. The van der Waals surface area contributed by atoms with Gasteiger partial charge in [-0.1, -0.05) is 0 Å². The number of likely N-dealkylation sites (N-methyl/N-ethyl adjacent to an activating group) is 1. The first-order chi connectivity index (χ1) is 5.73. The molecule has 1 unspecified atom stereocenters. The summed E-state index contributed by atoms with van der Waals surface area (Å²) in [6.07, 6.45) is 2.04. The average molecular weight is 170 g/mol. The Labute approximate surface area is 71.9 Å². The monoisotopic (exact) mass is 170 g/mol. The van der Waals surface area contributed by atoms with Crippen LogP contribution in [0, 0.1) is 0 Å². The van der Waals surface area contributed by atoms with Gasteiger partial charge in [-0.2, -0.15) is 0 Å². The number of carbonyl (C=O) groups is 1. The van der Waals surface area contributed by atoms with Gasteiger partial charge in [-0.15, -0.1) is 0 Å². The molecule has 0 saturated carbocycles. The number of hydrogen-bond donors (Lipinski definition) is 1. The summed E-state index contributed by atoms with van der Waals surface area (Å²) in [5.74, 6) is -0.0961. The summed E-state index contributed by atoms with van der Waals surface area (Å²) in [7, 11) is 1.94. The highest BCUT2D eigenvalue weighted by atomic mass is 16.6. The molecule has 2 aliphatic heterocycles. The molecule has 0 bridgehead atoms. The molecule has 4 heteroatoms. The number of piperidine rings is 1. The zero-order valence-corrected chi connectivity index (χ0v) is 7.30. The second-order valence-electron chi connectivity index (χ2n) is 3.56. The second kappa shape index (κ2) is 2.71. The minimum atomic E-state index is -0.324. The van der Waals surface area contributed by atoms with Crippen LogP contribution in [0.5, 0.6) is 0 Å². The van der Waals surface area contributed by atoms with Crippen molar-refractivity contribution in [3.63, 3.8) is 0 Å². The van der Waals surface area contributed by atoms with Gasteiger partial charge >= 0.3 is 5.97 Å². The maximum Gasteiger partial charge on any atom is 0.322 e. The number of hydrogen-bond acceptors (Lipinski definition) is 4. The summed E-state index contributed by atoms with van der Waals surface area (Å²) in [6, 6.07) is 0. The largest absolute Gasteiger partial charge is 0.441 e. The van der Waals surface area contributed by atoms with Gasteiger partial charge in [-0.25, -0.2) is 0 Å². The molecule has 0 aromatic carbocycles. The van der Waals surface area contributed by atoms with E-state index in [9.17, 15) is 4.79 Å². The SMILES string of the molecule is CN1CC(=O)OC12CCCNC2. The van der Waals surface area contributed by atoms with Crippen molar-refractivity contribution in [1.29, 1.82) is 0 Å². The normalized spacial score (nSPS) is 37.2. The fourth-order valence-corrected chi connectivity index (χ4v) is 1.93. The van der Waals surface area contributed by atoms with E-state index in [-0.39, 0.29) is 11.7 Å². The van der Waals surface area contributed by atoms with Crippen LogP contribution in [0.1, 0.15) is 12.8 Å². The maximum absolute atomic E-state index is 11.0. The lowest BCUT2D eigenvalue weighted by Crippen LogP contribution is -2.53. The third-order valence-corrected chi connectivity index (χ3v) is 2.69. The molecular weight excluding hydrogens is 156 g/mol. The fourth-order valence-electron chi connectivity index (χ4n) is 1.93. The molecule has 12 heavy (non-hydrogen) atoms. The first-order valence-electron chi connectivity index (χ1n) is 4.37. The van der Waals surface area contributed by atoms with Crippen molar-refractivity contribution in [2.75, 3.05) is 26.7 Å². The molecule has 68 valence electrons. The van der Waals surface area contributed by atoms with Crippen molar-refractivity contribution in [2.24, 2.45) is 0 Å². The van der Waals surface area contributed by atoms with Gasteiger partial charge in [0.15, 0.2) is 5.72 Å². The molecular formula is C8H14N2O2. The molecule has 1 spiro atoms. The molecule has 0 aromatic heterocycles. The fraction of sp³-hybridized carbons (Fsp3) is 0.875. The van der Waals surface area contributed by atoms with Gasteiger partial charge in [-0.3, -0.25) is 9.69 Å². The van der Waals surface area contributed by atoms with E-state index in [2.05, 4.69) is 5.32 Å². The van der Waals surface area contributed by atoms with E-state index in [0.29, 0.717) is 6.54 Å². The van der Waals surface area contributed by atoms with Crippen LogP contribution in [0.4, 0.5) is 0 Å². The van der Waals surface area contributed by atoms with Gasteiger partial charge in [0.1, 0.15) is 0 Å². The predicted molar refractivity (Wildman–Crippen MR) is 43.6 cm³/mol. The van der Waals surface area contributed by atoms with Gasteiger partial charge in [0, 0.05) is 13.0 Å². The van der Waals surface area contributed by atoms with Gasteiger partial charge in [0.25, 0.3) is 0 Å². The summed E-state index contributed by atoms with van der Waals surface area (Å²) >= 11 is 0. The van der Waals surface area contributed by atoms with Gasteiger partial charge in [0.05, 0.1) is 6.54 Å². The Morgan fingerprint density at radius 1 is 1.67 bits per heavy atom. The average Bonchev–Trinajstić information content (AvgIpc) is 2.29. The Kier molecular flexibility index (Phi) is 1.81. The summed E-state index contributed by atoms with van der Waals surface area (Å²) in [5, 5.41) is 3.25. The smallest absolute Gasteiger partial charge is 0.322 e. The standard InChI is InChI=1S/C8H14N2O2/c1-10-5-7(11)12-8(10)3-2-4-9-6-8/h9H,2-6H2,1H3. The third-order valence-electron chi connectivity index (χ3n) is 2.69. The number of nitrogens with one attached hydrogen (secondary N) is 1. The minimum Gasteiger partial charge on any atom is -0.441 e. The Bertz CT molecular complexity index is 199. The number of esters is 1. The number of ether oxygens (including phenoxy) is 1. The van der Waals surface area contributed by atoms with Gasteiger partial charge < -0.3 is 10.1 Å². The first-order valence-corrected chi connectivity index (χ1v) is 4.37. The number of carbonyl (C=O) groups excluding carboxylic acids is 1. The Morgan fingerprint density at radius 2 is 2.50 bits per heavy atom. The van der Waals surface area contributed by atoms with Crippen molar-refractivity contribution in [1.82, 2.24) is 10.2 Å². The van der Waals surface area contributed by atoms with Crippen LogP contribution in [0.15, 0.2) is 0 Å². The highest BCUT2D eigenvalue weighted by Crippen LogP contribution is 2.28. The van der Waals surface area contributed by atoms with Crippen molar-refractivity contribution < 1.29 is 9.53 Å². The number of rotatable bonds is 0. The highest BCUT2D eigenvalue weighted by molar-refractivity contribution is 5.74. The molecule has 2 aliphatic rings. The van der Waals surface area contributed by atoms with E-state index in [1.165, 1.54) is 0 Å². The molecule has 2 saturated heterocycles. The Hall–Kier alpha value is -0.610. The molecule has 0 aliphatic carbocycles. The van der Waals surface area contributed by atoms with Gasteiger partial charge in [0.2, 0.25) is 0 Å². The van der Waals surface area contributed by atoms with Crippen LogP contribution in [-0.4, -0.2) is 43.3 Å². The Balaban J connectivity index is 2.13. The van der Waals surface area contributed by atoms with E-state index < -0.39 is 0 Å². The highest BCUT2D eigenvalue weighted by Gasteiger charge is 2.45. The van der Waals surface area contributed by atoms with Crippen LogP contribution in [0.2, 0.25) is 0 Å². The predicted octanol–water partition coefficient (Wildman–Crippen LogP) is -0.445. The van der Waals surface area contributed by atoms with E-state index in [1.54, 1.807) is 0 Å². The minimum absolute atomic E-state index is 0.0961. The maximum atomic E-state index is 11.0. The zero-order chi connectivity index (χ0) is 8.60. The van der Waals surface area contributed by atoms with Gasteiger partial charge in [-0.05, 0) is 20.0 Å². The molecule has 0 amide bonds. The van der Waals surface area contributed by atoms with Crippen molar-refractivity contribution in [2.45, 2.75) is 18.6 Å². The molecule has 2 fully saturated rings. The number of nitrogens with zero attached hydrogens (tertiary/aromatic N) is 1. The first kappa shape index (κ1) is 8.01. The molecule has 0 aromatic rings. The van der Waals surface area contributed by atoms with E-state index >= 15 is 0 Å². The van der Waals surface area contributed by atoms with E-state index in [0.717, 1.165) is 25.9 Å². The van der Waals surface area contributed by atoms with Crippen LogP contribution in [0.25, 0.3) is 0 Å². The van der Waals surface area contributed by atoms with Crippen molar-refractivity contribution in [3.8, 4) is 0 Å². The lowest BCUT2D eigenvalue weighted by molar-refractivity contribution is -0.155. The van der Waals surface area contributed by atoms with E-state index in [4.69, 9.17) is 4.74 Å². The quantitative estimate of drug-likeness (QED) is 0.500. The Morgan fingerprint density at radius 3 is 3.00 bits per heavy atom. The molecule has 2 rings (SSSR count). The topological polar surface area (TPSA) is 41.6 Å². The molecule has 0 radical (unpaired) electrons. The second-order valence-corrected chi connectivity index (χ2v) is 3.56. The van der Waals surface area contributed by atoms with Crippen molar-refractivity contribution >= 4 is 5.97 Å².